The Bertz CT molecular complexity index is 723. The highest BCUT2D eigenvalue weighted by Gasteiger charge is 2.73. The van der Waals surface area contributed by atoms with Crippen molar-refractivity contribution in [1.82, 2.24) is 0 Å². The number of carbonyl (C=O) groups is 1. The molecule has 0 aliphatic heterocycles. The van der Waals surface area contributed by atoms with Crippen molar-refractivity contribution >= 4 is 5.97 Å². The van der Waals surface area contributed by atoms with Gasteiger partial charge in [-0.1, -0.05) is 20.8 Å². The molecule has 0 radical (unpaired) electrons. The summed E-state index contributed by atoms with van der Waals surface area (Å²) in [4.78, 5) is 11.8. The summed E-state index contributed by atoms with van der Waals surface area (Å²) in [7, 11) is 4.82. The SMILES string of the molecule is COC(=O)CC[C@@H](C)[C@H]1CC[C@H]2[C@@H]3[C@@H](C(OC)OC)[C@]4(O)C[C@@H](O)CC[C@]4(C)[C@H]3CC[C@]12C. The van der Waals surface area contributed by atoms with E-state index in [1.807, 2.05) is 0 Å². The van der Waals surface area contributed by atoms with Gasteiger partial charge < -0.3 is 24.4 Å². The molecule has 33 heavy (non-hydrogen) atoms. The van der Waals surface area contributed by atoms with Gasteiger partial charge >= 0.3 is 5.97 Å². The highest BCUT2D eigenvalue weighted by atomic mass is 16.7. The minimum absolute atomic E-state index is 0.123. The average molecular weight is 467 g/mol. The van der Waals surface area contributed by atoms with Crippen LogP contribution in [0, 0.1) is 46.3 Å². The van der Waals surface area contributed by atoms with Crippen molar-refractivity contribution in [3.63, 3.8) is 0 Å². The number of hydrogen-bond donors (Lipinski definition) is 2. The fraction of sp³-hybridized carbons (Fsp3) is 0.963. The van der Waals surface area contributed by atoms with Crippen molar-refractivity contribution in [2.24, 2.45) is 46.3 Å². The lowest BCUT2D eigenvalue weighted by molar-refractivity contribution is -0.226. The molecule has 4 rings (SSSR count). The Morgan fingerprint density at radius 1 is 1.03 bits per heavy atom. The first-order valence-corrected chi connectivity index (χ1v) is 13.1. The molecule has 0 amide bonds. The van der Waals surface area contributed by atoms with E-state index in [1.165, 1.54) is 13.5 Å². The number of esters is 1. The molecule has 0 aromatic carbocycles. The van der Waals surface area contributed by atoms with Gasteiger partial charge in [-0.15, -0.1) is 0 Å². The maximum absolute atomic E-state index is 12.3. The molecular formula is C27H46O6. The lowest BCUT2D eigenvalue weighted by atomic mass is 9.53. The summed E-state index contributed by atoms with van der Waals surface area (Å²) in [5.74, 6) is 1.96. The minimum Gasteiger partial charge on any atom is -0.469 e. The number of methoxy groups -OCH3 is 3. The van der Waals surface area contributed by atoms with Crippen LogP contribution in [0.5, 0.6) is 0 Å². The molecule has 4 saturated carbocycles. The van der Waals surface area contributed by atoms with Gasteiger partial charge in [0.05, 0.1) is 18.8 Å². The zero-order valence-corrected chi connectivity index (χ0v) is 21.5. The van der Waals surface area contributed by atoms with Crippen molar-refractivity contribution in [3.8, 4) is 0 Å². The van der Waals surface area contributed by atoms with Gasteiger partial charge in [-0.25, -0.2) is 0 Å². The van der Waals surface area contributed by atoms with E-state index >= 15 is 0 Å². The van der Waals surface area contributed by atoms with Crippen LogP contribution in [-0.2, 0) is 19.0 Å². The highest BCUT2D eigenvalue weighted by Crippen LogP contribution is 2.73. The van der Waals surface area contributed by atoms with Crippen LogP contribution in [0.2, 0.25) is 0 Å². The molecule has 4 aliphatic carbocycles. The Hall–Kier alpha value is -0.690. The van der Waals surface area contributed by atoms with E-state index in [4.69, 9.17) is 14.2 Å². The largest absolute Gasteiger partial charge is 0.469 e. The van der Waals surface area contributed by atoms with Gasteiger partial charge in [0.2, 0.25) is 0 Å². The summed E-state index contributed by atoms with van der Waals surface area (Å²) in [6, 6.07) is 0. The Balaban J connectivity index is 1.67. The number of aliphatic hydroxyl groups excluding tert-OH is 1. The van der Waals surface area contributed by atoms with Crippen molar-refractivity contribution in [1.29, 1.82) is 0 Å². The molecule has 0 bridgehead atoms. The van der Waals surface area contributed by atoms with E-state index in [-0.39, 0.29) is 22.7 Å². The maximum Gasteiger partial charge on any atom is 0.305 e. The number of aliphatic hydroxyl groups is 2. The fourth-order valence-electron chi connectivity index (χ4n) is 9.58. The predicted molar refractivity (Wildman–Crippen MR) is 125 cm³/mol. The molecule has 4 aliphatic rings. The summed E-state index contributed by atoms with van der Waals surface area (Å²) in [6.45, 7) is 7.04. The van der Waals surface area contributed by atoms with Crippen LogP contribution in [0.1, 0.15) is 78.6 Å². The van der Waals surface area contributed by atoms with Gasteiger partial charge in [0.25, 0.3) is 0 Å². The van der Waals surface area contributed by atoms with Crippen molar-refractivity contribution < 1.29 is 29.2 Å². The summed E-state index contributed by atoms with van der Waals surface area (Å²) in [6.07, 6.45) is 7.00. The first-order chi connectivity index (χ1) is 15.6. The molecule has 10 atom stereocenters. The normalized spacial score (nSPS) is 47.7. The monoisotopic (exact) mass is 466 g/mol. The molecule has 4 fully saturated rings. The molecule has 0 unspecified atom stereocenters. The number of ether oxygens (including phenoxy) is 3. The molecule has 0 heterocycles. The second kappa shape index (κ2) is 9.07. The van der Waals surface area contributed by atoms with Crippen LogP contribution >= 0.6 is 0 Å². The quantitative estimate of drug-likeness (QED) is 0.433. The van der Waals surface area contributed by atoms with Crippen LogP contribution in [0.25, 0.3) is 0 Å². The van der Waals surface area contributed by atoms with E-state index in [2.05, 4.69) is 20.8 Å². The standard InChI is InChI=1S/C27H46O6/c1-16(7-10-21(29)31-4)18-8-9-19-22-20(12-13-25(18,19)2)26(3)14-11-17(28)15-27(26,30)23(22)24(32-5)33-6/h16-20,22-24,28,30H,7-15H2,1-6H3/t16-,17+,18-,19+,20+,22+,23+,25-,26-,27-/m1/s1. The summed E-state index contributed by atoms with van der Waals surface area (Å²) in [5, 5.41) is 23.0. The van der Waals surface area contributed by atoms with E-state index in [1.54, 1.807) is 14.2 Å². The summed E-state index contributed by atoms with van der Waals surface area (Å²) >= 11 is 0. The molecule has 6 nitrogen and oxygen atoms in total. The van der Waals surface area contributed by atoms with Crippen LogP contribution in [0.3, 0.4) is 0 Å². The van der Waals surface area contributed by atoms with Crippen molar-refractivity contribution in [3.05, 3.63) is 0 Å². The van der Waals surface area contributed by atoms with Gasteiger partial charge in [-0.2, -0.15) is 0 Å². The zero-order valence-electron chi connectivity index (χ0n) is 21.5. The molecule has 0 spiro atoms. The van der Waals surface area contributed by atoms with Crippen LogP contribution in [0.15, 0.2) is 0 Å². The molecule has 6 heteroatoms. The van der Waals surface area contributed by atoms with Gasteiger partial charge in [0.1, 0.15) is 0 Å². The predicted octanol–water partition coefficient (Wildman–Crippen LogP) is 4.17. The average Bonchev–Trinajstić information content (AvgIpc) is 3.23. The number of fused-ring (bicyclic) bond motifs is 5. The Labute approximate surface area is 199 Å². The summed E-state index contributed by atoms with van der Waals surface area (Å²) < 4.78 is 16.6. The van der Waals surface area contributed by atoms with Crippen LogP contribution < -0.4 is 0 Å². The Morgan fingerprint density at radius 2 is 1.73 bits per heavy atom. The van der Waals surface area contributed by atoms with Gasteiger partial charge in [0, 0.05) is 38.4 Å². The topological polar surface area (TPSA) is 85.2 Å². The fourth-order valence-corrected chi connectivity index (χ4v) is 9.58. The molecule has 190 valence electrons. The smallest absolute Gasteiger partial charge is 0.305 e. The number of rotatable bonds is 7. The van der Waals surface area contributed by atoms with E-state index in [0.29, 0.717) is 42.4 Å². The van der Waals surface area contributed by atoms with E-state index in [9.17, 15) is 15.0 Å². The zero-order chi connectivity index (χ0) is 24.2. The third-order valence-corrected chi connectivity index (χ3v) is 11.2. The molecule has 2 N–H and O–H groups in total. The lowest BCUT2D eigenvalue weighted by Crippen LogP contribution is -2.56. The van der Waals surface area contributed by atoms with Gasteiger partial charge in [0.15, 0.2) is 6.29 Å². The van der Waals surface area contributed by atoms with Gasteiger partial charge in [-0.3, -0.25) is 4.79 Å². The molecule has 0 aromatic rings. The first kappa shape index (κ1) is 25.4. The second-order valence-electron chi connectivity index (χ2n) is 12.2. The van der Waals surface area contributed by atoms with E-state index in [0.717, 1.165) is 38.5 Å². The van der Waals surface area contributed by atoms with Crippen molar-refractivity contribution in [2.75, 3.05) is 21.3 Å². The molecular weight excluding hydrogens is 420 g/mol. The Morgan fingerprint density at radius 3 is 2.36 bits per heavy atom. The Kier molecular flexibility index (Phi) is 6.98. The summed E-state index contributed by atoms with van der Waals surface area (Å²) in [5.41, 5.74) is -1.04. The van der Waals surface area contributed by atoms with Crippen molar-refractivity contribution in [2.45, 2.75) is 96.6 Å². The third-order valence-electron chi connectivity index (χ3n) is 11.2. The van der Waals surface area contributed by atoms with E-state index < -0.39 is 18.0 Å². The van der Waals surface area contributed by atoms with Crippen LogP contribution in [0.4, 0.5) is 0 Å². The maximum atomic E-state index is 12.3. The lowest BCUT2D eigenvalue weighted by Gasteiger charge is -2.52. The first-order valence-electron chi connectivity index (χ1n) is 13.1. The van der Waals surface area contributed by atoms with Crippen LogP contribution in [-0.4, -0.2) is 55.5 Å². The molecule has 0 saturated heterocycles. The second-order valence-corrected chi connectivity index (χ2v) is 12.2. The highest BCUT2D eigenvalue weighted by molar-refractivity contribution is 5.69. The number of carbonyl (C=O) groups excluding carboxylic acids is 1. The number of hydrogen-bond acceptors (Lipinski definition) is 6. The van der Waals surface area contributed by atoms with Gasteiger partial charge in [-0.05, 0) is 80.0 Å². The molecule has 0 aromatic heterocycles. The third kappa shape index (κ3) is 3.70. The minimum atomic E-state index is -0.990.